The molecule has 1 amide bonds. The van der Waals surface area contributed by atoms with Gasteiger partial charge in [-0.05, 0) is 43.7 Å². The third-order valence-corrected chi connectivity index (χ3v) is 8.44. The average molecular weight is 437 g/mol. The highest BCUT2D eigenvalue weighted by atomic mass is 32.2. The molecule has 1 saturated carbocycles. The Kier molecular flexibility index (Phi) is 6.53. The van der Waals surface area contributed by atoms with E-state index in [2.05, 4.69) is 0 Å². The fraction of sp³-hybridized carbons (Fsp3) is 0.682. The zero-order chi connectivity index (χ0) is 21.1. The van der Waals surface area contributed by atoms with Crippen LogP contribution in [0.1, 0.15) is 44.9 Å². The molecule has 0 atom stereocenters. The molecule has 0 unspecified atom stereocenters. The molecule has 166 valence electrons. The maximum atomic E-state index is 13.1. The summed E-state index contributed by atoms with van der Waals surface area (Å²) >= 11 is 0. The third kappa shape index (κ3) is 4.59. The number of hydrogen-bond donors (Lipinski definition) is 0. The summed E-state index contributed by atoms with van der Waals surface area (Å²) in [4.78, 5) is 14.9. The molecule has 1 saturated heterocycles. The van der Waals surface area contributed by atoms with Crippen molar-refractivity contribution >= 4 is 15.9 Å². The molecule has 0 aromatic heterocycles. The summed E-state index contributed by atoms with van der Waals surface area (Å²) in [5.74, 6) is 1.76. The van der Waals surface area contributed by atoms with Gasteiger partial charge in [0.05, 0.1) is 18.1 Å². The Morgan fingerprint density at radius 2 is 1.70 bits per heavy atom. The molecule has 1 aromatic rings. The molecule has 1 aromatic carbocycles. The molecule has 0 N–H and O–H groups in total. The van der Waals surface area contributed by atoms with Crippen LogP contribution in [0.4, 0.5) is 0 Å². The number of sulfonamides is 1. The van der Waals surface area contributed by atoms with E-state index in [1.54, 1.807) is 18.2 Å². The smallest absolute Gasteiger partial charge is 0.243 e. The van der Waals surface area contributed by atoms with Crippen LogP contribution in [0.25, 0.3) is 0 Å². The maximum absolute atomic E-state index is 13.1. The van der Waals surface area contributed by atoms with Gasteiger partial charge in [0.25, 0.3) is 0 Å². The predicted molar refractivity (Wildman–Crippen MR) is 113 cm³/mol. The second-order valence-electron chi connectivity index (χ2n) is 8.71. The number of benzene rings is 1. The standard InChI is InChI=1S/C22H32N2O5S/c1-23(16-17-5-2-3-6-17)22(25)18-9-11-24(12-10-18)30(26,27)19-7-8-20-21(15-19)29-14-4-13-28-20/h7-8,15,17-18H,2-6,9-14,16H2,1H3. The summed E-state index contributed by atoms with van der Waals surface area (Å²) in [6, 6.07) is 4.81. The van der Waals surface area contributed by atoms with E-state index in [0.717, 1.165) is 13.0 Å². The van der Waals surface area contributed by atoms with Crippen molar-refractivity contribution in [3.05, 3.63) is 18.2 Å². The Labute approximate surface area is 179 Å². The van der Waals surface area contributed by atoms with Crippen LogP contribution >= 0.6 is 0 Å². The van der Waals surface area contributed by atoms with Crippen LogP contribution in [0.5, 0.6) is 11.5 Å². The highest BCUT2D eigenvalue weighted by Gasteiger charge is 2.34. The number of nitrogens with zero attached hydrogens (tertiary/aromatic N) is 2. The average Bonchev–Trinajstić information content (AvgIpc) is 3.15. The van der Waals surface area contributed by atoms with Crippen molar-refractivity contribution in [2.75, 3.05) is 39.9 Å². The number of carbonyl (C=O) groups is 1. The molecule has 30 heavy (non-hydrogen) atoms. The number of rotatable bonds is 5. The number of hydrogen-bond acceptors (Lipinski definition) is 5. The largest absolute Gasteiger partial charge is 0.490 e. The summed E-state index contributed by atoms with van der Waals surface area (Å²) in [6.45, 7) is 2.64. The van der Waals surface area contributed by atoms with Crippen molar-refractivity contribution in [3.8, 4) is 11.5 Å². The summed E-state index contributed by atoms with van der Waals surface area (Å²) in [7, 11) is -1.73. The second kappa shape index (κ2) is 9.14. The number of carbonyl (C=O) groups excluding carboxylic acids is 1. The van der Waals surface area contributed by atoms with E-state index in [-0.39, 0.29) is 16.7 Å². The molecule has 2 heterocycles. The summed E-state index contributed by atoms with van der Waals surface area (Å²) < 4.78 is 39.0. The molecule has 0 radical (unpaired) electrons. The molecular weight excluding hydrogens is 404 g/mol. The minimum Gasteiger partial charge on any atom is -0.490 e. The Bertz CT molecular complexity index is 858. The zero-order valence-electron chi connectivity index (χ0n) is 17.7. The lowest BCUT2D eigenvalue weighted by atomic mass is 9.96. The number of amides is 1. The molecule has 3 aliphatic rings. The Hall–Kier alpha value is -1.80. The normalized spacial score (nSPS) is 21.4. The first-order valence-corrected chi connectivity index (χ1v) is 12.5. The fourth-order valence-corrected chi connectivity index (χ4v) is 6.26. The maximum Gasteiger partial charge on any atom is 0.243 e. The highest BCUT2D eigenvalue weighted by molar-refractivity contribution is 7.89. The topological polar surface area (TPSA) is 76.2 Å². The van der Waals surface area contributed by atoms with Crippen LogP contribution < -0.4 is 9.47 Å². The Morgan fingerprint density at radius 1 is 1.03 bits per heavy atom. The van der Waals surface area contributed by atoms with Crippen molar-refractivity contribution < 1.29 is 22.7 Å². The van der Waals surface area contributed by atoms with Gasteiger partial charge in [-0.25, -0.2) is 8.42 Å². The fourth-order valence-electron chi connectivity index (χ4n) is 4.78. The highest BCUT2D eigenvalue weighted by Crippen LogP contribution is 2.34. The van der Waals surface area contributed by atoms with Gasteiger partial charge in [0.1, 0.15) is 0 Å². The molecule has 7 nitrogen and oxygen atoms in total. The Balaban J connectivity index is 1.37. The molecule has 2 aliphatic heterocycles. The van der Waals surface area contributed by atoms with E-state index in [9.17, 15) is 13.2 Å². The van der Waals surface area contributed by atoms with Gasteiger partial charge in [-0.3, -0.25) is 4.79 Å². The molecule has 1 aliphatic carbocycles. The molecule has 0 bridgehead atoms. The summed E-state index contributed by atoms with van der Waals surface area (Å²) in [5.41, 5.74) is 0. The van der Waals surface area contributed by atoms with Crippen LogP contribution in [-0.4, -0.2) is 63.4 Å². The van der Waals surface area contributed by atoms with Crippen LogP contribution in [-0.2, 0) is 14.8 Å². The molecule has 0 spiro atoms. The lowest BCUT2D eigenvalue weighted by Crippen LogP contribution is -2.44. The predicted octanol–water partition coefficient (Wildman–Crippen LogP) is 2.90. The van der Waals surface area contributed by atoms with Crippen molar-refractivity contribution in [3.63, 3.8) is 0 Å². The van der Waals surface area contributed by atoms with Crippen LogP contribution in [0, 0.1) is 11.8 Å². The van der Waals surface area contributed by atoms with Crippen molar-refractivity contribution in [2.24, 2.45) is 11.8 Å². The first-order chi connectivity index (χ1) is 14.4. The number of fused-ring (bicyclic) bond motifs is 1. The van der Waals surface area contributed by atoms with Gasteiger partial charge in [0.15, 0.2) is 11.5 Å². The third-order valence-electron chi connectivity index (χ3n) is 6.54. The lowest BCUT2D eigenvalue weighted by Gasteiger charge is -2.33. The zero-order valence-corrected chi connectivity index (χ0v) is 18.5. The van der Waals surface area contributed by atoms with Crippen molar-refractivity contribution in [1.29, 1.82) is 0 Å². The van der Waals surface area contributed by atoms with Crippen LogP contribution in [0.15, 0.2) is 23.1 Å². The van der Waals surface area contributed by atoms with Crippen molar-refractivity contribution in [1.82, 2.24) is 9.21 Å². The van der Waals surface area contributed by atoms with Gasteiger partial charge in [0, 0.05) is 45.1 Å². The van der Waals surface area contributed by atoms with E-state index in [4.69, 9.17) is 9.47 Å². The monoisotopic (exact) mass is 436 g/mol. The lowest BCUT2D eigenvalue weighted by molar-refractivity contribution is -0.135. The SMILES string of the molecule is CN(CC1CCCC1)C(=O)C1CCN(S(=O)(=O)c2ccc3c(c2)OCCCO3)CC1. The van der Waals surface area contributed by atoms with E-state index < -0.39 is 10.0 Å². The quantitative estimate of drug-likeness (QED) is 0.709. The molecule has 8 heteroatoms. The summed E-state index contributed by atoms with van der Waals surface area (Å²) in [5, 5.41) is 0. The second-order valence-corrected chi connectivity index (χ2v) is 10.6. The minimum atomic E-state index is -3.62. The van der Waals surface area contributed by atoms with Crippen LogP contribution in [0.2, 0.25) is 0 Å². The minimum absolute atomic E-state index is 0.0911. The van der Waals surface area contributed by atoms with E-state index in [1.165, 1.54) is 30.0 Å². The van der Waals surface area contributed by atoms with Gasteiger partial charge >= 0.3 is 0 Å². The summed E-state index contributed by atoms with van der Waals surface area (Å²) in [6.07, 6.45) is 6.86. The van der Waals surface area contributed by atoms with Gasteiger partial charge < -0.3 is 14.4 Å². The van der Waals surface area contributed by atoms with Gasteiger partial charge in [0.2, 0.25) is 15.9 Å². The van der Waals surface area contributed by atoms with Gasteiger partial charge in [-0.1, -0.05) is 12.8 Å². The van der Waals surface area contributed by atoms with Gasteiger partial charge in [-0.15, -0.1) is 0 Å². The Morgan fingerprint density at radius 3 is 2.40 bits per heavy atom. The molecular formula is C22H32N2O5S. The van der Waals surface area contributed by atoms with E-state index in [0.29, 0.717) is 56.6 Å². The number of ether oxygens (including phenoxy) is 2. The first-order valence-electron chi connectivity index (χ1n) is 11.1. The van der Waals surface area contributed by atoms with Gasteiger partial charge in [-0.2, -0.15) is 4.31 Å². The molecule has 4 rings (SSSR count). The first kappa shape index (κ1) is 21.4. The molecule has 2 fully saturated rings. The van der Waals surface area contributed by atoms with E-state index in [1.807, 2.05) is 11.9 Å². The van der Waals surface area contributed by atoms with Crippen LogP contribution in [0.3, 0.4) is 0 Å². The van der Waals surface area contributed by atoms with E-state index >= 15 is 0 Å². The number of piperidine rings is 1. The van der Waals surface area contributed by atoms with Crippen molar-refractivity contribution in [2.45, 2.75) is 49.8 Å².